The summed E-state index contributed by atoms with van der Waals surface area (Å²) >= 11 is 0. The summed E-state index contributed by atoms with van der Waals surface area (Å²) in [5.74, 6) is 0.995. The lowest BCUT2D eigenvalue weighted by atomic mass is 9.98. The Bertz CT molecular complexity index is 333. The summed E-state index contributed by atoms with van der Waals surface area (Å²) in [5, 5.41) is 3.60. The van der Waals surface area contributed by atoms with Crippen LogP contribution < -0.4 is 10.1 Å². The summed E-state index contributed by atoms with van der Waals surface area (Å²) < 4.78 is 5.62. The first-order valence-corrected chi connectivity index (χ1v) is 6.55. The second-order valence-corrected chi connectivity index (χ2v) is 5.03. The second kappa shape index (κ2) is 6.65. The van der Waals surface area contributed by atoms with Gasteiger partial charge < -0.3 is 10.1 Å². The van der Waals surface area contributed by atoms with Gasteiger partial charge in [-0.15, -0.1) is 0 Å². The standard InChI is InChI=1S/C15H25NO/c1-5-11-15(3,4)16-12-13-9-7-8-10-14(13)17-6-2/h7-10,16H,5-6,11-12H2,1-4H3. The molecule has 2 nitrogen and oxygen atoms in total. The molecule has 0 aliphatic heterocycles. The molecule has 0 saturated carbocycles. The van der Waals surface area contributed by atoms with Gasteiger partial charge in [0.1, 0.15) is 5.75 Å². The third kappa shape index (κ3) is 4.78. The Labute approximate surface area is 105 Å². The van der Waals surface area contributed by atoms with Crippen LogP contribution in [0.2, 0.25) is 0 Å². The molecule has 96 valence electrons. The number of hydrogen-bond acceptors (Lipinski definition) is 2. The molecule has 0 radical (unpaired) electrons. The van der Waals surface area contributed by atoms with Crippen LogP contribution in [-0.2, 0) is 6.54 Å². The highest BCUT2D eigenvalue weighted by Gasteiger charge is 2.15. The zero-order valence-corrected chi connectivity index (χ0v) is 11.5. The van der Waals surface area contributed by atoms with Crippen molar-refractivity contribution in [3.8, 4) is 5.75 Å². The summed E-state index contributed by atoms with van der Waals surface area (Å²) in [5.41, 5.74) is 1.42. The molecule has 0 saturated heterocycles. The molecule has 1 rings (SSSR count). The van der Waals surface area contributed by atoms with Crippen LogP contribution in [-0.4, -0.2) is 12.1 Å². The van der Waals surface area contributed by atoms with E-state index in [9.17, 15) is 0 Å². The number of ether oxygens (including phenoxy) is 1. The first-order valence-electron chi connectivity index (χ1n) is 6.55. The van der Waals surface area contributed by atoms with E-state index >= 15 is 0 Å². The summed E-state index contributed by atoms with van der Waals surface area (Å²) in [6.07, 6.45) is 2.39. The lowest BCUT2D eigenvalue weighted by Gasteiger charge is -2.26. The van der Waals surface area contributed by atoms with Crippen LogP contribution in [0.5, 0.6) is 5.75 Å². The summed E-state index contributed by atoms with van der Waals surface area (Å²) in [6.45, 7) is 10.3. The molecule has 0 fully saturated rings. The van der Waals surface area contributed by atoms with E-state index in [0.29, 0.717) is 0 Å². The van der Waals surface area contributed by atoms with E-state index in [0.717, 1.165) is 18.9 Å². The van der Waals surface area contributed by atoms with Gasteiger partial charge in [0.2, 0.25) is 0 Å². The van der Waals surface area contributed by atoms with Crippen molar-refractivity contribution in [1.29, 1.82) is 0 Å². The van der Waals surface area contributed by atoms with E-state index in [4.69, 9.17) is 4.74 Å². The van der Waals surface area contributed by atoms with E-state index in [2.05, 4.69) is 38.2 Å². The van der Waals surface area contributed by atoms with Gasteiger partial charge in [0.05, 0.1) is 6.61 Å². The molecule has 0 unspecified atom stereocenters. The van der Waals surface area contributed by atoms with Crippen LogP contribution in [0.3, 0.4) is 0 Å². The average molecular weight is 235 g/mol. The predicted molar refractivity (Wildman–Crippen MR) is 73.4 cm³/mol. The minimum Gasteiger partial charge on any atom is -0.494 e. The summed E-state index contributed by atoms with van der Waals surface area (Å²) in [4.78, 5) is 0. The van der Waals surface area contributed by atoms with Gasteiger partial charge in [0.25, 0.3) is 0 Å². The van der Waals surface area contributed by atoms with E-state index < -0.39 is 0 Å². The smallest absolute Gasteiger partial charge is 0.123 e. The molecule has 0 aliphatic rings. The molecule has 0 bridgehead atoms. The fourth-order valence-corrected chi connectivity index (χ4v) is 1.99. The van der Waals surface area contributed by atoms with Crippen molar-refractivity contribution >= 4 is 0 Å². The largest absolute Gasteiger partial charge is 0.494 e. The highest BCUT2D eigenvalue weighted by atomic mass is 16.5. The van der Waals surface area contributed by atoms with Crippen molar-refractivity contribution in [1.82, 2.24) is 5.32 Å². The lowest BCUT2D eigenvalue weighted by molar-refractivity contribution is 0.325. The Morgan fingerprint density at radius 2 is 1.88 bits per heavy atom. The molecule has 0 heterocycles. The summed E-state index contributed by atoms with van der Waals surface area (Å²) in [7, 11) is 0. The highest BCUT2D eigenvalue weighted by Crippen LogP contribution is 2.19. The van der Waals surface area contributed by atoms with Gasteiger partial charge in [0, 0.05) is 17.6 Å². The fraction of sp³-hybridized carbons (Fsp3) is 0.600. The normalized spacial score (nSPS) is 11.5. The SMILES string of the molecule is CCCC(C)(C)NCc1ccccc1OCC. The monoisotopic (exact) mass is 235 g/mol. The van der Waals surface area contributed by atoms with Gasteiger partial charge in [-0.2, -0.15) is 0 Å². The van der Waals surface area contributed by atoms with Gasteiger partial charge in [-0.3, -0.25) is 0 Å². The van der Waals surface area contributed by atoms with E-state index in [1.165, 1.54) is 18.4 Å². The van der Waals surface area contributed by atoms with Crippen molar-refractivity contribution in [3.05, 3.63) is 29.8 Å². The van der Waals surface area contributed by atoms with Gasteiger partial charge in [-0.05, 0) is 33.3 Å². The van der Waals surface area contributed by atoms with Crippen LogP contribution >= 0.6 is 0 Å². The number of hydrogen-bond donors (Lipinski definition) is 1. The maximum atomic E-state index is 5.62. The van der Waals surface area contributed by atoms with Crippen LogP contribution in [0.25, 0.3) is 0 Å². The van der Waals surface area contributed by atoms with Crippen molar-refractivity contribution < 1.29 is 4.74 Å². The van der Waals surface area contributed by atoms with Crippen LogP contribution in [0.15, 0.2) is 24.3 Å². The van der Waals surface area contributed by atoms with Crippen molar-refractivity contribution in [2.24, 2.45) is 0 Å². The molecule has 0 aliphatic carbocycles. The van der Waals surface area contributed by atoms with Gasteiger partial charge in [-0.1, -0.05) is 31.5 Å². The molecule has 0 spiro atoms. The van der Waals surface area contributed by atoms with Crippen LogP contribution in [0.1, 0.15) is 46.1 Å². The number of nitrogens with one attached hydrogen (secondary N) is 1. The highest BCUT2D eigenvalue weighted by molar-refractivity contribution is 5.33. The second-order valence-electron chi connectivity index (χ2n) is 5.03. The first-order chi connectivity index (χ1) is 8.09. The van der Waals surface area contributed by atoms with E-state index in [1.807, 2.05) is 19.1 Å². The van der Waals surface area contributed by atoms with Crippen molar-refractivity contribution in [2.75, 3.05) is 6.61 Å². The maximum Gasteiger partial charge on any atom is 0.123 e. The van der Waals surface area contributed by atoms with E-state index in [-0.39, 0.29) is 5.54 Å². The maximum absolute atomic E-state index is 5.62. The lowest BCUT2D eigenvalue weighted by Crippen LogP contribution is -2.38. The Hall–Kier alpha value is -1.02. The molecule has 2 heteroatoms. The quantitative estimate of drug-likeness (QED) is 0.777. The van der Waals surface area contributed by atoms with Crippen molar-refractivity contribution in [2.45, 2.75) is 52.6 Å². The van der Waals surface area contributed by atoms with E-state index in [1.54, 1.807) is 0 Å². The van der Waals surface area contributed by atoms with Gasteiger partial charge in [-0.25, -0.2) is 0 Å². The molecule has 1 aromatic rings. The topological polar surface area (TPSA) is 21.3 Å². The Kier molecular flexibility index (Phi) is 5.49. The molecule has 1 aromatic carbocycles. The van der Waals surface area contributed by atoms with Gasteiger partial charge >= 0.3 is 0 Å². The van der Waals surface area contributed by atoms with Crippen LogP contribution in [0, 0.1) is 0 Å². The minimum atomic E-state index is 0.189. The molecular weight excluding hydrogens is 210 g/mol. The zero-order chi connectivity index (χ0) is 12.7. The average Bonchev–Trinajstić information content (AvgIpc) is 2.28. The molecule has 0 atom stereocenters. The number of benzene rings is 1. The third-order valence-electron chi connectivity index (χ3n) is 2.90. The molecule has 17 heavy (non-hydrogen) atoms. The fourth-order valence-electron chi connectivity index (χ4n) is 1.99. The Morgan fingerprint density at radius 3 is 2.53 bits per heavy atom. The molecular formula is C15H25NO. The van der Waals surface area contributed by atoms with Crippen LogP contribution in [0.4, 0.5) is 0 Å². The molecule has 0 aromatic heterocycles. The Balaban J connectivity index is 2.62. The number of rotatable bonds is 7. The zero-order valence-electron chi connectivity index (χ0n) is 11.5. The van der Waals surface area contributed by atoms with Gasteiger partial charge in [0.15, 0.2) is 0 Å². The first kappa shape index (κ1) is 14.0. The number of para-hydroxylation sites is 1. The summed E-state index contributed by atoms with van der Waals surface area (Å²) in [6, 6.07) is 8.24. The minimum absolute atomic E-state index is 0.189. The molecule has 0 amide bonds. The third-order valence-corrected chi connectivity index (χ3v) is 2.90. The van der Waals surface area contributed by atoms with Crippen molar-refractivity contribution in [3.63, 3.8) is 0 Å². The Morgan fingerprint density at radius 1 is 1.18 bits per heavy atom. The predicted octanol–water partition coefficient (Wildman–Crippen LogP) is 3.75. The molecule has 1 N–H and O–H groups in total.